The van der Waals surface area contributed by atoms with Crippen LogP contribution < -0.4 is 5.43 Å². The Balaban J connectivity index is 1.54. The second-order valence-electron chi connectivity index (χ2n) is 5.55. The largest absolute Gasteiger partial charge is 0.421 e. The Morgan fingerprint density at radius 2 is 2.04 bits per heavy atom. The smallest absolute Gasteiger partial charge is 0.316 e. The first-order valence-corrected chi connectivity index (χ1v) is 9.84. The first-order chi connectivity index (χ1) is 13.1. The Labute approximate surface area is 169 Å². The van der Waals surface area contributed by atoms with Crippen molar-refractivity contribution in [2.75, 3.05) is 11.7 Å². The van der Waals surface area contributed by atoms with Gasteiger partial charge in [-0.25, -0.2) is 5.43 Å². The molecule has 0 spiro atoms. The lowest BCUT2D eigenvalue weighted by atomic mass is 10.1. The number of aromatic nitrogens is 3. The fourth-order valence-corrected chi connectivity index (χ4v) is 3.48. The minimum absolute atomic E-state index is 0.222. The van der Waals surface area contributed by atoms with Gasteiger partial charge in [0.05, 0.1) is 23.1 Å². The summed E-state index contributed by atoms with van der Waals surface area (Å²) in [7, 11) is 0. The first kappa shape index (κ1) is 17.9. The summed E-state index contributed by atoms with van der Waals surface area (Å²) in [6.07, 6.45) is 5.39. The molecule has 0 aliphatic rings. The van der Waals surface area contributed by atoms with Crippen molar-refractivity contribution < 1.29 is 4.42 Å². The molecule has 9 heteroatoms. The lowest BCUT2D eigenvalue weighted by molar-refractivity contribution is 0.617. The van der Waals surface area contributed by atoms with Crippen molar-refractivity contribution in [1.82, 2.24) is 15.2 Å². The fraction of sp³-hybridized carbons (Fsp3) is 0.0556. The fourth-order valence-electron chi connectivity index (χ4n) is 2.55. The number of hydrogen-bond donors (Lipinski definition) is 2. The van der Waals surface area contributed by atoms with Crippen molar-refractivity contribution in [2.24, 2.45) is 5.10 Å². The topological polar surface area (TPSA) is 79.1 Å². The number of rotatable bonds is 5. The van der Waals surface area contributed by atoms with Crippen LogP contribution in [0, 0.1) is 0 Å². The Morgan fingerprint density at radius 3 is 2.81 bits per heavy atom. The Bertz CT molecular complexity index is 1120. The van der Waals surface area contributed by atoms with Crippen LogP contribution in [0.1, 0.15) is 5.56 Å². The highest BCUT2D eigenvalue weighted by Gasteiger charge is 2.10. The SMILES string of the molecule is CSc1ccc(-c2[nH]ncc2/C=N/Nc2nc3cc(Cl)cc(Cl)c3o2)cc1. The number of halogens is 2. The summed E-state index contributed by atoms with van der Waals surface area (Å²) in [6, 6.07) is 11.7. The van der Waals surface area contributed by atoms with Crippen LogP contribution in [0.4, 0.5) is 6.01 Å². The maximum Gasteiger partial charge on any atom is 0.316 e. The highest BCUT2D eigenvalue weighted by molar-refractivity contribution is 7.98. The van der Waals surface area contributed by atoms with Gasteiger partial charge in [0.25, 0.3) is 0 Å². The van der Waals surface area contributed by atoms with Crippen molar-refractivity contribution in [1.29, 1.82) is 0 Å². The zero-order valence-electron chi connectivity index (χ0n) is 14.0. The maximum atomic E-state index is 6.10. The standard InChI is InChI=1S/C18H13Cl2N5OS/c1-27-13-4-2-10(3-5-13)16-11(8-21-24-16)9-22-25-18-23-15-7-12(19)6-14(20)17(15)26-18/h2-9H,1H3,(H,21,24)(H,23,25)/b22-9+. The van der Waals surface area contributed by atoms with E-state index < -0.39 is 0 Å². The molecule has 0 radical (unpaired) electrons. The normalized spacial score (nSPS) is 11.5. The minimum Gasteiger partial charge on any atom is -0.421 e. The molecule has 2 N–H and O–H groups in total. The summed E-state index contributed by atoms with van der Waals surface area (Å²) in [5, 5.41) is 12.2. The van der Waals surface area contributed by atoms with Crippen LogP contribution in [-0.4, -0.2) is 27.7 Å². The van der Waals surface area contributed by atoms with E-state index in [0.717, 1.165) is 16.8 Å². The molecule has 0 aliphatic carbocycles. The van der Waals surface area contributed by atoms with Crippen molar-refractivity contribution in [2.45, 2.75) is 4.90 Å². The number of nitrogens with one attached hydrogen (secondary N) is 2. The van der Waals surface area contributed by atoms with Gasteiger partial charge in [-0.3, -0.25) is 5.10 Å². The molecule has 2 aromatic heterocycles. The molecule has 0 amide bonds. The summed E-state index contributed by atoms with van der Waals surface area (Å²) >= 11 is 13.8. The van der Waals surface area contributed by atoms with E-state index in [-0.39, 0.29) is 6.01 Å². The van der Waals surface area contributed by atoms with Crippen molar-refractivity contribution in [3.8, 4) is 11.3 Å². The molecule has 2 heterocycles. The molecule has 4 aromatic rings. The molecule has 0 aliphatic heterocycles. The van der Waals surface area contributed by atoms with Crippen LogP contribution in [-0.2, 0) is 0 Å². The maximum absolute atomic E-state index is 6.10. The van der Waals surface area contributed by atoms with E-state index in [4.69, 9.17) is 27.6 Å². The lowest BCUT2D eigenvalue weighted by Gasteiger charge is -2.01. The second kappa shape index (κ2) is 7.64. The number of benzene rings is 2. The average Bonchev–Trinajstić information content (AvgIpc) is 3.29. The molecule has 6 nitrogen and oxygen atoms in total. The number of hydrazone groups is 1. The van der Waals surface area contributed by atoms with Crippen LogP contribution >= 0.6 is 35.0 Å². The van der Waals surface area contributed by atoms with Gasteiger partial charge in [0.15, 0.2) is 5.58 Å². The Morgan fingerprint density at radius 1 is 1.22 bits per heavy atom. The molecule has 0 bridgehead atoms. The van der Waals surface area contributed by atoms with Crippen molar-refractivity contribution in [3.63, 3.8) is 0 Å². The zero-order chi connectivity index (χ0) is 18.8. The van der Waals surface area contributed by atoms with E-state index in [0.29, 0.717) is 21.1 Å². The minimum atomic E-state index is 0.222. The van der Waals surface area contributed by atoms with Crippen LogP contribution in [0.3, 0.4) is 0 Å². The average molecular weight is 418 g/mol. The van der Waals surface area contributed by atoms with Crippen LogP contribution in [0.15, 0.2) is 57.0 Å². The van der Waals surface area contributed by atoms with E-state index in [1.54, 1.807) is 36.3 Å². The van der Waals surface area contributed by atoms with Gasteiger partial charge >= 0.3 is 6.01 Å². The number of aromatic amines is 1. The quantitative estimate of drug-likeness (QED) is 0.247. The van der Waals surface area contributed by atoms with Crippen LogP contribution in [0.5, 0.6) is 0 Å². The molecule has 2 aromatic carbocycles. The van der Waals surface area contributed by atoms with Crippen molar-refractivity contribution >= 4 is 58.3 Å². The molecule has 4 rings (SSSR count). The van der Waals surface area contributed by atoms with Crippen molar-refractivity contribution in [3.05, 3.63) is 58.2 Å². The van der Waals surface area contributed by atoms with E-state index in [2.05, 4.69) is 37.8 Å². The molecular weight excluding hydrogens is 405 g/mol. The predicted molar refractivity (Wildman–Crippen MR) is 111 cm³/mol. The van der Waals surface area contributed by atoms with E-state index in [9.17, 15) is 0 Å². The predicted octanol–water partition coefficient (Wildman–Crippen LogP) is 5.69. The zero-order valence-corrected chi connectivity index (χ0v) is 16.4. The Kier molecular flexibility index (Phi) is 5.07. The first-order valence-electron chi connectivity index (χ1n) is 7.86. The molecule has 0 fully saturated rings. The molecule has 0 unspecified atom stereocenters. The number of anilines is 1. The molecule has 136 valence electrons. The third-order valence-corrected chi connectivity index (χ3v) is 5.06. The van der Waals surface area contributed by atoms with Gasteiger partial charge in [0.2, 0.25) is 0 Å². The summed E-state index contributed by atoms with van der Waals surface area (Å²) in [5.74, 6) is 0. The summed E-state index contributed by atoms with van der Waals surface area (Å²) in [6.45, 7) is 0. The van der Waals surface area contributed by atoms with Gasteiger partial charge < -0.3 is 4.42 Å². The van der Waals surface area contributed by atoms with Gasteiger partial charge in [0, 0.05) is 21.0 Å². The number of nitrogens with zero attached hydrogens (tertiary/aromatic N) is 3. The highest BCUT2D eigenvalue weighted by atomic mass is 35.5. The van der Waals surface area contributed by atoms with Gasteiger partial charge in [-0.2, -0.15) is 15.2 Å². The van der Waals surface area contributed by atoms with Gasteiger partial charge in [-0.15, -0.1) is 11.8 Å². The summed E-state index contributed by atoms with van der Waals surface area (Å²) in [5.41, 5.74) is 6.50. The number of thioether (sulfide) groups is 1. The summed E-state index contributed by atoms with van der Waals surface area (Å²) < 4.78 is 5.56. The number of hydrogen-bond acceptors (Lipinski definition) is 6. The molecule has 0 saturated carbocycles. The monoisotopic (exact) mass is 417 g/mol. The number of oxazole rings is 1. The molecule has 0 atom stereocenters. The molecule has 27 heavy (non-hydrogen) atoms. The highest BCUT2D eigenvalue weighted by Crippen LogP contribution is 2.30. The molecule has 0 saturated heterocycles. The van der Waals surface area contributed by atoms with Gasteiger partial charge in [-0.05, 0) is 30.5 Å². The van der Waals surface area contributed by atoms with Crippen LogP contribution in [0.2, 0.25) is 10.0 Å². The van der Waals surface area contributed by atoms with Gasteiger partial charge in [-0.1, -0.05) is 35.3 Å². The van der Waals surface area contributed by atoms with Crippen LogP contribution in [0.25, 0.3) is 22.4 Å². The lowest BCUT2D eigenvalue weighted by Crippen LogP contribution is -1.91. The summed E-state index contributed by atoms with van der Waals surface area (Å²) in [4.78, 5) is 5.47. The number of H-pyrrole nitrogens is 1. The van der Waals surface area contributed by atoms with Gasteiger partial charge in [0.1, 0.15) is 5.52 Å². The Hall–Kier alpha value is -2.48. The third kappa shape index (κ3) is 3.80. The number of fused-ring (bicyclic) bond motifs is 1. The van der Waals surface area contributed by atoms with E-state index >= 15 is 0 Å². The third-order valence-electron chi connectivity index (χ3n) is 3.82. The molecular formula is C18H13Cl2N5OS. The van der Waals surface area contributed by atoms with E-state index in [1.807, 2.05) is 18.4 Å². The van der Waals surface area contributed by atoms with E-state index in [1.165, 1.54) is 4.90 Å². The second-order valence-corrected chi connectivity index (χ2v) is 7.28.